The Morgan fingerprint density at radius 1 is 1.27 bits per heavy atom. The Balaban J connectivity index is 1.71. The van der Waals surface area contributed by atoms with Gasteiger partial charge in [-0.2, -0.15) is 0 Å². The predicted octanol–water partition coefficient (Wildman–Crippen LogP) is 1.69. The van der Waals surface area contributed by atoms with Crippen molar-refractivity contribution in [3.05, 3.63) is 40.5 Å². The number of nitrogens with zero attached hydrogens (tertiary/aromatic N) is 2. The average Bonchev–Trinajstić information content (AvgIpc) is 2.78. The maximum Gasteiger partial charge on any atom is 0.277 e. The van der Waals surface area contributed by atoms with Gasteiger partial charge >= 0.3 is 0 Å². The zero-order chi connectivity index (χ0) is 15.5. The number of hydrogen-bond donors (Lipinski definition) is 1. The summed E-state index contributed by atoms with van der Waals surface area (Å²) in [4.78, 5) is 16.2. The van der Waals surface area contributed by atoms with E-state index < -0.39 is 0 Å². The molecule has 3 rings (SSSR count). The van der Waals surface area contributed by atoms with Gasteiger partial charge in [-0.05, 0) is 36.0 Å². The van der Waals surface area contributed by atoms with Crippen LogP contribution in [0.5, 0.6) is 0 Å². The van der Waals surface area contributed by atoms with Crippen LogP contribution in [0.15, 0.2) is 30.0 Å². The van der Waals surface area contributed by atoms with E-state index in [0.29, 0.717) is 35.7 Å². The lowest BCUT2D eigenvalue weighted by Crippen LogP contribution is -2.46. The SMILES string of the molecule is O=C1/C(=C\c2ccc(Cl)cc2)NC(=S)N1CN1CCOCC1. The highest BCUT2D eigenvalue weighted by molar-refractivity contribution is 7.80. The largest absolute Gasteiger partial charge is 0.379 e. The molecular weight excluding hydrogens is 322 g/mol. The fraction of sp³-hybridized carbons (Fsp3) is 0.333. The average molecular weight is 338 g/mol. The fourth-order valence-electron chi connectivity index (χ4n) is 2.37. The molecule has 5 nitrogen and oxygen atoms in total. The molecule has 1 aromatic carbocycles. The lowest BCUT2D eigenvalue weighted by atomic mass is 10.2. The Hall–Kier alpha value is -1.47. The van der Waals surface area contributed by atoms with E-state index in [4.69, 9.17) is 28.6 Å². The third-order valence-corrected chi connectivity index (χ3v) is 4.16. The van der Waals surface area contributed by atoms with Crippen molar-refractivity contribution < 1.29 is 9.53 Å². The molecule has 2 aliphatic rings. The molecule has 1 aromatic rings. The van der Waals surface area contributed by atoms with E-state index in [-0.39, 0.29) is 5.91 Å². The van der Waals surface area contributed by atoms with Crippen LogP contribution in [0, 0.1) is 0 Å². The molecule has 0 atom stereocenters. The van der Waals surface area contributed by atoms with Crippen LogP contribution in [0.2, 0.25) is 5.02 Å². The maximum absolute atomic E-state index is 12.5. The van der Waals surface area contributed by atoms with Crippen LogP contribution in [0.25, 0.3) is 6.08 Å². The highest BCUT2D eigenvalue weighted by Crippen LogP contribution is 2.17. The summed E-state index contributed by atoms with van der Waals surface area (Å²) in [5.74, 6) is -0.105. The number of ether oxygens (including phenoxy) is 1. The predicted molar refractivity (Wildman–Crippen MR) is 89.3 cm³/mol. The van der Waals surface area contributed by atoms with Crippen molar-refractivity contribution in [2.75, 3.05) is 33.0 Å². The minimum atomic E-state index is -0.105. The number of nitrogens with one attached hydrogen (secondary N) is 1. The fourth-order valence-corrected chi connectivity index (χ4v) is 2.74. The number of morpholine rings is 1. The summed E-state index contributed by atoms with van der Waals surface area (Å²) in [6.45, 7) is 3.49. The minimum Gasteiger partial charge on any atom is -0.379 e. The van der Waals surface area contributed by atoms with Gasteiger partial charge in [-0.3, -0.25) is 14.6 Å². The smallest absolute Gasteiger partial charge is 0.277 e. The standard InChI is InChI=1S/C15H16ClN3O2S/c16-12-3-1-11(2-4-12)9-13-14(20)19(15(22)17-13)10-18-5-7-21-8-6-18/h1-4,9H,5-8,10H2,(H,17,22)/b13-9+. The topological polar surface area (TPSA) is 44.8 Å². The lowest BCUT2D eigenvalue weighted by Gasteiger charge is -2.29. The molecule has 1 amide bonds. The van der Waals surface area contributed by atoms with Gasteiger partial charge in [-0.25, -0.2) is 0 Å². The van der Waals surface area contributed by atoms with E-state index in [0.717, 1.165) is 18.7 Å². The van der Waals surface area contributed by atoms with E-state index in [1.165, 1.54) is 0 Å². The van der Waals surface area contributed by atoms with Crippen LogP contribution < -0.4 is 5.32 Å². The van der Waals surface area contributed by atoms with Gasteiger partial charge in [0, 0.05) is 18.1 Å². The highest BCUT2D eigenvalue weighted by atomic mass is 35.5. The van der Waals surface area contributed by atoms with Crippen molar-refractivity contribution >= 4 is 40.9 Å². The summed E-state index contributed by atoms with van der Waals surface area (Å²) in [6, 6.07) is 7.30. The van der Waals surface area contributed by atoms with E-state index >= 15 is 0 Å². The van der Waals surface area contributed by atoms with Gasteiger partial charge in [-0.15, -0.1) is 0 Å². The Morgan fingerprint density at radius 2 is 1.95 bits per heavy atom. The lowest BCUT2D eigenvalue weighted by molar-refractivity contribution is -0.124. The van der Waals surface area contributed by atoms with Gasteiger partial charge in [0.05, 0.1) is 19.9 Å². The third-order valence-electron chi connectivity index (χ3n) is 3.59. The normalized spacial score (nSPS) is 21.5. The van der Waals surface area contributed by atoms with Gasteiger partial charge in [0.25, 0.3) is 5.91 Å². The Morgan fingerprint density at radius 3 is 2.64 bits per heavy atom. The summed E-state index contributed by atoms with van der Waals surface area (Å²) in [5, 5.41) is 4.09. The second-order valence-corrected chi connectivity index (χ2v) is 5.97. The number of rotatable bonds is 3. The Kier molecular flexibility index (Phi) is 4.73. The number of benzene rings is 1. The molecule has 2 heterocycles. The summed E-state index contributed by atoms with van der Waals surface area (Å²) in [6.07, 6.45) is 1.78. The summed E-state index contributed by atoms with van der Waals surface area (Å²) in [7, 11) is 0. The van der Waals surface area contributed by atoms with E-state index in [1.54, 1.807) is 23.1 Å². The molecule has 0 bridgehead atoms. The molecule has 0 aromatic heterocycles. The zero-order valence-corrected chi connectivity index (χ0v) is 13.5. The molecule has 2 saturated heterocycles. The second-order valence-electron chi connectivity index (χ2n) is 5.14. The molecule has 1 N–H and O–H groups in total. The van der Waals surface area contributed by atoms with Gasteiger partial charge < -0.3 is 10.1 Å². The Labute approximate surface area is 139 Å². The molecule has 2 aliphatic heterocycles. The first-order valence-corrected chi connectivity index (χ1v) is 7.82. The van der Waals surface area contributed by atoms with Crippen LogP contribution in [0.4, 0.5) is 0 Å². The van der Waals surface area contributed by atoms with Gasteiger partial charge in [0.15, 0.2) is 5.11 Å². The molecule has 22 heavy (non-hydrogen) atoms. The van der Waals surface area contributed by atoms with Gasteiger partial charge in [-0.1, -0.05) is 23.7 Å². The number of amides is 1. The number of thiocarbonyl (C=S) groups is 1. The summed E-state index contributed by atoms with van der Waals surface area (Å²) >= 11 is 11.1. The van der Waals surface area contributed by atoms with Crippen LogP contribution in [-0.2, 0) is 9.53 Å². The highest BCUT2D eigenvalue weighted by Gasteiger charge is 2.32. The van der Waals surface area contributed by atoms with Crippen molar-refractivity contribution in [2.24, 2.45) is 0 Å². The van der Waals surface area contributed by atoms with Crippen LogP contribution >= 0.6 is 23.8 Å². The molecular formula is C15H16ClN3O2S. The zero-order valence-electron chi connectivity index (χ0n) is 11.9. The molecule has 0 unspecified atom stereocenters. The Bertz CT molecular complexity index is 612. The third kappa shape index (κ3) is 3.47. The first-order chi connectivity index (χ1) is 10.6. The quantitative estimate of drug-likeness (QED) is 0.671. The van der Waals surface area contributed by atoms with Crippen LogP contribution in [0.1, 0.15) is 5.56 Å². The van der Waals surface area contributed by atoms with Crippen LogP contribution in [0.3, 0.4) is 0 Å². The van der Waals surface area contributed by atoms with Crippen LogP contribution in [-0.4, -0.2) is 53.8 Å². The van der Waals surface area contributed by atoms with E-state index in [2.05, 4.69) is 10.2 Å². The summed E-state index contributed by atoms with van der Waals surface area (Å²) < 4.78 is 5.31. The maximum atomic E-state index is 12.5. The molecule has 2 fully saturated rings. The van der Waals surface area contributed by atoms with Gasteiger partial charge in [0.2, 0.25) is 0 Å². The molecule has 7 heteroatoms. The number of carbonyl (C=O) groups is 1. The molecule has 0 saturated carbocycles. The van der Waals surface area contributed by atoms with Crippen molar-refractivity contribution in [1.29, 1.82) is 0 Å². The molecule has 0 spiro atoms. The first-order valence-electron chi connectivity index (χ1n) is 7.04. The number of carbonyl (C=O) groups excluding carboxylic acids is 1. The minimum absolute atomic E-state index is 0.105. The number of halogens is 1. The molecule has 0 aliphatic carbocycles. The van der Waals surface area contributed by atoms with E-state index in [9.17, 15) is 4.79 Å². The van der Waals surface area contributed by atoms with Crippen molar-refractivity contribution in [1.82, 2.24) is 15.1 Å². The summed E-state index contributed by atoms with van der Waals surface area (Å²) in [5.41, 5.74) is 1.39. The second kappa shape index (κ2) is 6.75. The van der Waals surface area contributed by atoms with Crippen molar-refractivity contribution in [3.8, 4) is 0 Å². The van der Waals surface area contributed by atoms with Crippen molar-refractivity contribution in [3.63, 3.8) is 0 Å². The monoisotopic (exact) mass is 337 g/mol. The van der Waals surface area contributed by atoms with Crippen molar-refractivity contribution in [2.45, 2.75) is 0 Å². The molecule has 0 radical (unpaired) electrons. The molecule has 116 valence electrons. The number of hydrogen-bond acceptors (Lipinski definition) is 4. The van der Waals surface area contributed by atoms with Gasteiger partial charge in [0.1, 0.15) is 5.70 Å². The first kappa shape index (κ1) is 15.4. The van der Waals surface area contributed by atoms with E-state index in [1.807, 2.05) is 12.1 Å².